The summed E-state index contributed by atoms with van der Waals surface area (Å²) in [4.78, 5) is 23.8. The van der Waals surface area contributed by atoms with Gasteiger partial charge in [0.25, 0.3) is 0 Å². The van der Waals surface area contributed by atoms with Crippen molar-refractivity contribution in [1.29, 1.82) is 0 Å². The van der Waals surface area contributed by atoms with Crippen molar-refractivity contribution >= 4 is 40.8 Å². The van der Waals surface area contributed by atoms with Crippen LogP contribution in [0.25, 0.3) is 0 Å². The van der Waals surface area contributed by atoms with Crippen LogP contribution in [0.3, 0.4) is 0 Å². The molecule has 0 aromatic heterocycles. The molecule has 0 radical (unpaired) electrons. The number of carbonyl (C=O) groups excluding carboxylic acids is 1. The van der Waals surface area contributed by atoms with Crippen LogP contribution in [0.5, 0.6) is 0 Å². The molecule has 1 aromatic rings. The highest BCUT2D eigenvalue weighted by atomic mass is 35.5. The van der Waals surface area contributed by atoms with Gasteiger partial charge in [0.2, 0.25) is 5.91 Å². The number of carboxylic acids is 1. The summed E-state index contributed by atoms with van der Waals surface area (Å²) in [5.74, 6) is -2.43. The van der Waals surface area contributed by atoms with E-state index in [0.29, 0.717) is 15.7 Å². The fourth-order valence-corrected chi connectivity index (χ4v) is 3.61. The van der Waals surface area contributed by atoms with E-state index in [1.807, 2.05) is 12.2 Å². The minimum absolute atomic E-state index is 0.00104. The Balaban J connectivity index is 1.80. The molecule has 1 amide bonds. The van der Waals surface area contributed by atoms with E-state index >= 15 is 0 Å². The van der Waals surface area contributed by atoms with E-state index in [1.165, 1.54) is 0 Å². The average Bonchev–Trinajstić information content (AvgIpc) is 3.03. The maximum Gasteiger partial charge on any atom is 0.307 e. The molecule has 1 saturated carbocycles. The molecule has 110 valence electrons. The molecule has 0 unspecified atom stereocenters. The molecule has 2 aliphatic carbocycles. The quantitative estimate of drug-likeness (QED) is 0.836. The van der Waals surface area contributed by atoms with Gasteiger partial charge >= 0.3 is 5.97 Å². The first-order valence-corrected chi connectivity index (χ1v) is 7.40. The largest absolute Gasteiger partial charge is 0.481 e. The summed E-state index contributed by atoms with van der Waals surface area (Å²) in [5, 5.41) is 12.8. The number of aliphatic carboxylic acids is 1. The molecule has 1 fully saturated rings. The highest BCUT2D eigenvalue weighted by Crippen LogP contribution is 2.48. The summed E-state index contributed by atoms with van der Waals surface area (Å²) < 4.78 is 0. The fraction of sp³-hybridized carbons (Fsp3) is 0.333. The number of anilines is 1. The van der Waals surface area contributed by atoms with Crippen LogP contribution in [0.2, 0.25) is 10.0 Å². The van der Waals surface area contributed by atoms with Gasteiger partial charge in [-0.25, -0.2) is 0 Å². The Morgan fingerprint density at radius 2 is 1.76 bits per heavy atom. The van der Waals surface area contributed by atoms with E-state index in [4.69, 9.17) is 23.2 Å². The van der Waals surface area contributed by atoms with Crippen molar-refractivity contribution in [2.45, 2.75) is 6.42 Å². The Hall–Kier alpha value is -1.52. The third-order valence-corrected chi connectivity index (χ3v) is 4.97. The van der Waals surface area contributed by atoms with E-state index in [0.717, 1.165) is 6.42 Å². The van der Waals surface area contributed by atoms with Crippen LogP contribution in [0.4, 0.5) is 5.69 Å². The summed E-state index contributed by atoms with van der Waals surface area (Å²) >= 11 is 11.7. The van der Waals surface area contributed by atoms with Crippen molar-refractivity contribution in [3.05, 3.63) is 40.4 Å². The molecule has 2 bridgehead atoms. The minimum atomic E-state index is -0.916. The molecule has 21 heavy (non-hydrogen) atoms. The van der Waals surface area contributed by atoms with Gasteiger partial charge in [0.1, 0.15) is 0 Å². The molecule has 2 N–H and O–H groups in total. The predicted molar refractivity (Wildman–Crippen MR) is 80.4 cm³/mol. The third-order valence-electron chi connectivity index (χ3n) is 4.23. The van der Waals surface area contributed by atoms with Gasteiger partial charge in [-0.3, -0.25) is 9.59 Å². The lowest BCUT2D eigenvalue weighted by Gasteiger charge is -2.23. The number of carboxylic acid groups (broad SMARTS) is 1. The topological polar surface area (TPSA) is 66.4 Å². The average molecular weight is 326 g/mol. The first-order chi connectivity index (χ1) is 9.97. The summed E-state index contributed by atoms with van der Waals surface area (Å²) in [5.41, 5.74) is 0.519. The Morgan fingerprint density at radius 1 is 1.10 bits per heavy atom. The van der Waals surface area contributed by atoms with Crippen LogP contribution in [-0.4, -0.2) is 17.0 Å². The Morgan fingerprint density at radius 3 is 2.38 bits per heavy atom. The van der Waals surface area contributed by atoms with Crippen molar-refractivity contribution in [2.24, 2.45) is 23.7 Å². The normalized spacial score (nSPS) is 29.6. The van der Waals surface area contributed by atoms with E-state index in [-0.39, 0.29) is 17.7 Å². The number of nitrogens with one attached hydrogen (secondary N) is 1. The zero-order chi connectivity index (χ0) is 15.1. The Labute approximate surface area is 131 Å². The van der Waals surface area contributed by atoms with Gasteiger partial charge in [0.05, 0.1) is 21.9 Å². The lowest BCUT2D eigenvalue weighted by atomic mass is 9.82. The lowest BCUT2D eigenvalue weighted by molar-refractivity contribution is -0.146. The second kappa shape index (κ2) is 5.35. The maximum atomic E-state index is 12.4. The number of carbonyl (C=O) groups is 2. The van der Waals surface area contributed by atoms with Crippen molar-refractivity contribution in [3.63, 3.8) is 0 Å². The van der Waals surface area contributed by atoms with E-state index in [1.54, 1.807) is 18.2 Å². The highest BCUT2D eigenvalue weighted by molar-refractivity contribution is 6.42. The second-order valence-electron chi connectivity index (χ2n) is 5.46. The summed E-state index contributed by atoms with van der Waals surface area (Å²) in [6, 6.07) is 4.79. The molecule has 6 heteroatoms. The molecule has 0 heterocycles. The predicted octanol–water partition coefficient (Wildman–Crippen LogP) is 3.45. The number of halogens is 2. The minimum Gasteiger partial charge on any atom is -0.481 e. The van der Waals surface area contributed by atoms with Gasteiger partial charge in [-0.15, -0.1) is 0 Å². The molecule has 0 saturated heterocycles. The van der Waals surface area contributed by atoms with Gasteiger partial charge in [-0.2, -0.15) is 0 Å². The van der Waals surface area contributed by atoms with Crippen molar-refractivity contribution in [3.8, 4) is 0 Å². The second-order valence-corrected chi connectivity index (χ2v) is 6.27. The first-order valence-electron chi connectivity index (χ1n) is 6.64. The molecule has 0 aliphatic heterocycles. The fourth-order valence-electron chi connectivity index (χ4n) is 3.32. The zero-order valence-electron chi connectivity index (χ0n) is 10.9. The molecular weight excluding hydrogens is 313 g/mol. The van der Waals surface area contributed by atoms with Crippen molar-refractivity contribution < 1.29 is 14.7 Å². The number of rotatable bonds is 3. The van der Waals surface area contributed by atoms with Gasteiger partial charge in [0, 0.05) is 5.69 Å². The number of hydrogen-bond acceptors (Lipinski definition) is 2. The van der Waals surface area contributed by atoms with E-state index < -0.39 is 17.8 Å². The standard InChI is InChI=1S/C15H13Cl2NO3/c16-10-4-3-9(6-11(10)17)18-14(19)12-7-1-2-8(5-7)13(12)15(20)21/h1-4,6-8,12-13H,5H2,(H,18,19)(H,20,21)/t7-,8-,12-,13+/m0/s1. The summed E-state index contributed by atoms with van der Waals surface area (Å²) in [7, 11) is 0. The number of amides is 1. The molecule has 1 aromatic carbocycles. The Kier molecular flexibility index (Phi) is 3.68. The van der Waals surface area contributed by atoms with Gasteiger partial charge in [0.15, 0.2) is 0 Å². The van der Waals surface area contributed by atoms with Crippen LogP contribution in [0.1, 0.15) is 6.42 Å². The summed E-state index contributed by atoms with van der Waals surface area (Å²) in [6.45, 7) is 0. The number of hydrogen-bond donors (Lipinski definition) is 2. The van der Waals surface area contributed by atoms with Crippen LogP contribution in [0, 0.1) is 23.7 Å². The van der Waals surface area contributed by atoms with Crippen molar-refractivity contribution in [1.82, 2.24) is 0 Å². The SMILES string of the molecule is O=C(Nc1ccc(Cl)c(Cl)c1)[C@@H]1[C@H](C(=O)O)[C@H]2C=C[C@H]1C2. The van der Waals surface area contributed by atoms with Gasteiger partial charge in [-0.1, -0.05) is 35.4 Å². The van der Waals surface area contributed by atoms with Crippen LogP contribution in [-0.2, 0) is 9.59 Å². The Bertz CT molecular complexity index is 644. The lowest BCUT2D eigenvalue weighted by Crippen LogP contribution is -2.36. The maximum absolute atomic E-state index is 12.4. The number of benzene rings is 1. The van der Waals surface area contributed by atoms with Crippen LogP contribution >= 0.6 is 23.2 Å². The number of fused-ring (bicyclic) bond motifs is 2. The number of allylic oxidation sites excluding steroid dienone is 2. The molecule has 3 rings (SSSR count). The molecular formula is C15H13Cl2NO3. The summed E-state index contributed by atoms with van der Waals surface area (Å²) in [6.07, 6.45) is 4.59. The molecule has 4 nitrogen and oxygen atoms in total. The van der Waals surface area contributed by atoms with Crippen LogP contribution in [0.15, 0.2) is 30.4 Å². The zero-order valence-corrected chi connectivity index (χ0v) is 12.4. The van der Waals surface area contributed by atoms with E-state index in [9.17, 15) is 14.7 Å². The smallest absolute Gasteiger partial charge is 0.307 e. The third kappa shape index (κ3) is 2.54. The highest BCUT2D eigenvalue weighted by Gasteiger charge is 2.51. The molecule has 4 atom stereocenters. The van der Waals surface area contributed by atoms with Gasteiger partial charge in [-0.05, 0) is 36.5 Å². The molecule has 0 spiro atoms. The monoisotopic (exact) mass is 325 g/mol. The van der Waals surface area contributed by atoms with Crippen molar-refractivity contribution in [2.75, 3.05) is 5.32 Å². The molecule has 2 aliphatic rings. The first kappa shape index (κ1) is 14.4. The van der Waals surface area contributed by atoms with Crippen LogP contribution < -0.4 is 5.32 Å². The van der Waals surface area contributed by atoms with Gasteiger partial charge < -0.3 is 10.4 Å². The van der Waals surface area contributed by atoms with E-state index in [2.05, 4.69) is 5.32 Å².